The molecule has 0 saturated heterocycles. The van der Waals surface area contributed by atoms with Gasteiger partial charge in [0, 0.05) is 16.0 Å². The van der Waals surface area contributed by atoms with Crippen LogP contribution in [0.25, 0.3) is 0 Å². The number of hydrogen-bond donors (Lipinski definition) is 1. The minimum absolute atomic E-state index is 0.0371. The van der Waals surface area contributed by atoms with E-state index >= 15 is 0 Å². The Labute approximate surface area is 130 Å². The van der Waals surface area contributed by atoms with Gasteiger partial charge in [-0.2, -0.15) is 0 Å². The Bertz CT molecular complexity index is 649. The molecule has 1 amide bonds. The van der Waals surface area contributed by atoms with Gasteiger partial charge in [-0.1, -0.05) is 11.6 Å². The van der Waals surface area contributed by atoms with Crippen molar-refractivity contribution in [2.24, 2.45) is 0 Å². The zero-order valence-corrected chi connectivity index (χ0v) is 12.6. The molecule has 2 rings (SSSR count). The highest BCUT2D eigenvalue weighted by Gasteiger charge is 2.16. The largest absolute Gasteiger partial charge is 0.323 e. The monoisotopic (exact) mass is 327 g/mol. The smallest absolute Gasteiger partial charge is 0.237 e. The van der Waals surface area contributed by atoms with Gasteiger partial charge in [0.2, 0.25) is 5.91 Å². The van der Waals surface area contributed by atoms with Crippen LogP contribution < -0.4 is 5.32 Å². The van der Waals surface area contributed by atoms with E-state index in [0.29, 0.717) is 5.02 Å². The summed E-state index contributed by atoms with van der Waals surface area (Å²) in [6.45, 7) is 1.70. The number of thioether (sulfide) groups is 1. The molecule has 0 aliphatic carbocycles. The lowest BCUT2D eigenvalue weighted by atomic mass is 10.3. The molecule has 1 unspecified atom stereocenters. The molecule has 2 aromatic carbocycles. The maximum absolute atomic E-state index is 13.5. The average molecular weight is 328 g/mol. The molecule has 2 nitrogen and oxygen atoms in total. The summed E-state index contributed by atoms with van der Waals surface area (Å²) in [6.07, 6.45) is 0. The molecule has 0 radical (unpaired) electrons. The molecule has 0 aliphatic rings. The van der Waals surface area contributed by atoms with Gasteiger partial charge in [0.25, 0.3) is 0 Å². The molecule has 6 heteroatoms. The van der Waals surface area contributed by atoms with Crippen molar-refractivity contribution >= 4 is 35.0 Å². The summed E-state index contributed by atoms with van der Waals surface area (Å²) in [6, 6.07) is 10.1. The number of halogens is 3. The normalized spacial score (nSPS) is 12.0. The summed E-state index contributed by atoms with van der Waals surface area (Å²) in [5, 5.41) is 2.62. The second kappa shape index (κ2) is 6.91. The molecule has 0 aliphatic heterocycles. The van der Waals surface area contributed by atoms with Gasteiger partial charge < -0.3 is 5.32 Å². The molecule has 0 aromatic heterocycles. The lowest BCUT2D eigenvalue weighted by Crippen LogP contribution is -2.22. The van der Waals surface area contributed by atoms with Crippen molar-refractivity contribution in [2.75, 3.05) is 5.32 Å². The lowest BCUT2D eigenvalue weighted by molar-refractivity contribution is -0.115. The Kier molecular flexibility index (Phi) is 5.20. The van der Waals surface area contributed by atoms with E-state index in [1.807, 2.05) is 0 Å². The van der Waals surface area contributed by atoms with Crippen LogP contribution in [-0.2, 0) is 4.79 Å². The van der Waals surface area contributed by atoms with Crippen molar-refractivity contribution in [1.82, 2.24) is 0 Å². The number of carbonyl (C=O) groups excluding carboxylic acids is 1. The van der Waals surface area contributed by atoms with Crippen molar-refractivity contribution in [3.8, 4) is 0 Å². The Hall–Kier alpha value is -1.59. The van der Waals surface area contributed by atoms with Gasteiger partial charge in [-0.25, -0.2) is 8.78 Å². The highest BCUT2D eigenvalue weighted by molar-refractivity contribution is 8.00. The van der Waals surface area contributed by atoms with E-state index in [4.69, 9.17) is 11.6 Å². The van der Waals surface area contributed by atoms with Gasteiger partial charge >= 0.3 is 0 Å². The van der Waals surface area contributed by atoms with E-state index in [1.54, 1.807) is 31.2 Å². The molecule has 1 N–H and O–H groups in total. The summed E-state index contributed by atoms with van der Waals surface area (Å²) in [5.74, 6) is -1.85. The standard InChI is InChI=1S/C15H12ClF2NOS/c1-9(21-12-5-2-10(16)3-6-12)15(20)19-14-7-4-11(17)8-13(14)18/h2-9H,1H3,(H,19,20). The first-order valence-corrected chi connectivity index (χ1v) is 7.39. The highest BCUT2D eigenvalue weighted by Crippen LogP contribution is 2.26. The minimum Gasteiger partial charge on any atom is -0.323 e. The van der Waals surface area contributed by atoms with Crippen LogP contribution in [0, 0.1) is 11.6 Å². The Morgan fingerprint density at radius 1 is 1.19 bits per heavy atom. The van der Waals surface area contributed by atoms with Crippen LogP contribution in [-0.4, -0.2) is 11.2 Å². The van der Waals surface area contributed by atoms with E-state index in [1.165, 1.54) is 17.8 Å². The zero-order chi connectivity index (χ0) is 15.4. The number of amides is 1. The van der Waals surface area contributed by atoms with Crippen molar-refractivity contribution in [2.45, 2.75) is 17.1 Å². The molecule has 2 aromatic rings. The average Bonchev–Trinajstić information content (AvgIpc) is 2.44. The van der Waals surface area contributed by atoms with Crippen molar-refractivity contribution in [3.63, 3.8) is 0 Å². The van der Waals surface area contributed by atoms with Crippen LogP contribution >= 0.6 is 23.4 Å². The number of anilines is 1. The Morgan fingerprint density at radius 2 is 1.86 bits per heavy atom. The molecule has 1 atom stereocenters. The summed E-state index contributed by atoms with van der Waals surface area (Å²) in [7, 11) is 0. The van der Waals surface area contributed by atoms with E-state index in [2.05, 4.69) is 5.32 Å². The fourth-order valence-corrected chi connectivity index (χ4v) is 2.59. The molecule has 21 heavy (non-hydrogen) atoms. The van der Waals surface area contributed by atoms with E-state index in [0.717, 1.165) is 17.0 Å². The molecule has 0 saturated carbocycles. The number of hydrogen-bond acceptors (Lipinski definition) is 2. The van der Waals surface area contributed by atoms with Gasteiger partial charge in [-0.05, 0) is 43.3 Å². The van der Waals surface area contributed by atoms with E-state index in [-0.39, 0.29) is 11.6 Å². The summed E-state index contributed by atoms with van der Waals surface area (Å²) >= 11 is 7.11. The van der Waals surface area contributed by atoms with Crippen LogP contribution in [0.1, 0.15) is 6.92 Å². The predicted molar refractivity (Wildman–Crippen MR) is 81.8 cm³/mol. The van der Waals surface area contributed by atoms with Gasteiger partial charge in [0.05, 0.1) is 10.9 Å². The van der Waals surface area contributed by atoms with Gasteiger partial charge in [0.15, 0.2) is 0 Å². The molecule has 110 valence electrons. The third kappa shape index (κ3) is 4.44. The lowest BCUT2D eigenvalue weighted by Gasteiger charge is -2.12. The topological polar surface area (TPSA) is 29.1 Å². The highest BCUT2D eigenvalue weighted by atomic mass is 35.5. The summed E-state index contributed by atoms with van der Waals surface area (Å²) < 4.78 is 26.3. The van der Waals surface area contributed by atoms with Crippen LogP contribution in [0.15, 0.2) is 47.4 Å². The Balaban J connectivity index is 2.00. The van der Waals surface area contributed by atoms with E-state index in [9.17, 15) is 13.6 Å². The van der Waals surface area contributed by atoms with E-state index < -0.39 is 16.9 Å². The first-order chi connectivity index (χ1) is 9.95. The predicted octanol–water partition coefficient (Wildman–Crippen LogP) is 4.74. The number of rotatable bonds is 4. The molecular formula is C15H12ClF2NOS. The molecule has 0 fully saturated rings. The third-order valence-electron chi connectivity index (χ3n) is 2.68. The molecule has 0 heterocycles. The Morgan fingerprint density at radius 3 is 2.48 bits per heavy atom. The molecular weight excluding hydrogens is 316 g/mol. The van der Waals surface area contributed by atoms with Crippen molar-refractivity contribution in [1.29, 1.82) is 0 Å². The second-order valence-electron chi connectivity index (χ2n) is 4.33. The SMILES string of the molecule is CC(Sc1ccc(Cl)cc1)C(=O)Nc1ccc(F)cc1F. The van der Waals surface area contributed by atoms with Crippen molar-refractivity contribution < 1.29 is 13.6 Å². The quantitative estimate of drug-likeness (QED) is 0.822. The minimum atomic E-state index is -0.799. The summed E-state index contributed by atoms with van der Waals surface area (Å²) in [4.78, 5) is 12.9. The second-order valence-corrected chi connectivity index (χ2v) is 6.18. The first kappa shape index (κ1) is 15.8. The van der Waals surface area contributed by atoms with Crippen LogP contribution in [0.4, 0.5) is 14.5 Å². The van der Waals surface area contributed by atoms with Crippen LogP contribution in [0.2, 0.25) is 5.02 Å². The maximum Gasteiger partial charge on any atom is 0.237 e. The number of nitrogens with one attached hydrogen (secondary N) is 1. The third-order valence-corrected chi connectivity index (χ3v) is 4.05. The summed E-state index contributed by atoms with van der Waals surface area (Å²) in [5.41, 5.74) is -0.0371. The first-order valence-electron chi connectivity index (χ1n) is 6.14. The van der Waals surface area contributed by atoms with Crippen LogP contribution in [0.5, 0.6) is 0 Å². The fraction of sp³-hybridized carbons (Fsp3) is 0.133. The van der Waals surface area contributed by atoms with Crippen molar-refractivity contribution in [3.05, 3.63) is 59.1 Å². The van der Waals surface area contributed by atoms with Crippen LogP contribution in [0.3, 0.4) is 0 Å². The van der Waals surface area contributed by atoms with Gasteiger partial charge in [-0.3, -0.25) is 4.79 Å². The fourth-order valence-electron chi connectivity index (χ4n) is 1.60. The molecule has 0 bridgehead atoms. The molecule has 0 spiro atoms. The van der Waals surface area contributed by atoms with Gasteiger partial charge in [-0.15, -0.1) is 11.8 Å². The number of carbonyl (C=O) groups is 1. The number of benzene rings is 2. The maximum atomic E-state index is 13.5. The zero-order valence-electron chi connectivity index (χ0n) is 11.1. The van der Waals surface area contributed by atoms with Gasteiger partial charge in [0.1, 0.15) is 11.6 Å².